The fraction of sp³-hybridized carbons (Fsp3) is 0.455. The Morgan fingerprint density at radius 1 is 1.50 bits per heavy atom. The normalized spacial score (nSPS) is 12.9. The lowest BCUT2D eigenvalue weighted by atomic mass is 10.2. The van der Waals surface area contributed by atoms with Crippen molar-refractivity contribution in [1.29, 1.82) is 0 Å². The van der Waals surface area contributed by atoms with Gasteiger partial charge in [-0.1, -0.05) is 0 Å². The van der Waals surface area contributed by atoms with Gasteiger partial charge >= 0.3 is 0 Å². The molecule has 2 aromatic rings. The first kappa shape index (κ1) is 11.3. The maximum atomic E-state index is 4.26. The van der Waals surface area contributed by atoms with Crippen LogP contribution in [-0.2, 0) is 6.54 Å². The van der Waals surface area contributed by atoms with Gasteiger partial charge in [0.15, 0.2) is 5.82 Å². The van der Waals surface area contributed by atoms with Crippen molar-refractivity contribution in [3.8, 4) is 0 Å². The number of aromatic amines is 1. The molecule has 0 fully saturated rings. The lowest BCUT2D eigenvalue weighted by Gasteiger charge is -2.11. The summed E-state index contributed by atoms with van der Waals surface area (Å²) in [7, 11) is 0. The molecule has 2 N–H and O–H groups in total. The molecule has 0 saturated heterocycles. The molecule has 1 unspecified atom stereocenters. The Labute approximate surface area is 99.1 Å². The minimum Gasteiger partial charge on any atom is -0.302 e. The highest BCUT2D eigenvalue weighted by atomic mass is 32.1. The molecule has 0 aliphatic rings. The van der Waals surface area contributed by atoms with Gasteiger partial charge in [-0.25, -0.2) is 4.98 Å². The Kier molecular flexibility index (Phi) is 3.36. The van der Waals surface area contributed by atoms with E-state index in [-0.39, 0.29) is 0 Å². The first-order valence-electron chi connectivity index (χ1n) is 5.32. The van der Waals surface area contributed by atoms with E-state index in [1.54, 1.807) is 11.3 Å². The standard InChI is InChI=1S/C11H16N4S/c1-7-4-5-16-11(7)8(2)12-6-10-13-9(3)14-15-10/h4-5,8,12H,6H2,1-3H3,(H,13,14,15). The van der Waals surface area contributed by atoms with E-state index in [1.165, 1.54) is 10.4 Å². The van der Waals surface area contributed by atoms with Crippen LogP contribution in [0.2, 0.25) is 0 Å². The zero-order chi connectivity index (χ0) is 11.5. The Balaban J connectivity index is 1.93. The summed E-state index contributed by atoms with van der Waals surface area (Å²) >= 11 is 1.79. The van der Waals surface area contributed by atoms with Crippen molar-refractivity contribution in [3.05, 3.63) is 33.5 Å². The molecule has 0 bridgehead atoms. The minimum atomic E-state index is 0.346. The summed E-state index contributed by atoms with van der Waals surface area (Å²) in [4.78, 5) is 5.64. The van der Waals surface area contributed by atoms with Gasteiger partial charge in [0.25, 0.3) is 0 Å². The second kappa shape index (κ2) is 4.76. The number of nitrogens with one attached hydrogen (secondary N) is 2. The van der Waals surface area contributed by atoms with Gasteiger partial charge in [0.05, 0.1) is 6.54 Å². The molecular weight excluding hydrogens is 220 g/mol. The number of hydrogen-bond donors (Lipinski definition) is 2. The molecule has 5 heteroatoms. The van der Waals surface area contributed by atoms with Crippen LogP contribution in [0.3, 0.4) is 0 Å². The number of H-pyrrole nitrogens is 1. The van der Waals surface area contributed by atoms with Crippen LogP contribution in [0.4, 0.5) is 0 Å². The van der Waals surface area contributed by atoms with Crippen molar-refractivity contribution < 1.29 is 0 Å². The van der Waals surface area contributed by atoms with Crippen molar-refractivity contribution >= 4 is 11.3 Å². The van der Waals surface area contributed by atoms with Gasteiger partial charge in [-0.05, 0) is 37.8 Å². The zero-order valence-electron chi connectivity index (χ0n) is 9.74. The molecule has 1 atom stereocenters. The van der Waals surface area contributed by atoms with Gasteiger partial charge < -0.3 is 5.32 Å². The fourth-order valence-electron chi connectivity index (χ4n) is 1.63. The molecule has 2 aromatic heterocycles. The molecule has 0 radical (unpaired) electrons. The molecule has 2 heterocycles. The number of nitrogens with zero attached hydrogens (tertiary/aromatic N) is 2. The first-order chi connectivity index (χ1) is 7.66. The molecule has 16 heavy (non-hydrogen) atoms. The summed E-state index contributed by atoms with van der Waals surface area (Å²) in [5.74, 6) is 1.68. The Morgan fingerprint density at radius 2 is 2.31 bits per heavy atom. The maximum absolute atomic E-state index is 4.26. The van der Waals surface area contributed by atoms with E-state index in [0.717, 1.165) is 11.6 Å². The van der Waals surface area contributed by atoms with Crippen molar-refractivity contribution in [2.24, 2.45) is 0 Å². The average Bonchev–Trinajstić information content (AvgIpc) is 2.84. The number of aryl methyl sites for hydroxylation is 2. The van der Waals surface area contributed by atoms with Crippen LogP contribution in [0.25, 0.3) is 0 Å². The van der Waals surface area contributed by atoms with Crippen LogP contribution in [0.1, 0.15) is 35.1 Å². The molecule has 0 aliphatic heterocycles. The molecule has 0 aliphatic carbocycles. The van der Waals surface area contributed by atoms with Crippen LogP contribution >= 0.6 is 11.3 Å². The van der Waals surface area contributed by atoms with Gasteiger partial charge in [0.1, 0.15) is 5.82 Å². The maximum Gasteiger partial charge on any atom is 0.164 e. The van der Waals surface area contributed by atoms with Gasteiger partial charge in [-0.3, -0.25) is 5.10 Å². The van der Waals surface area contributed by atoms with E-state index >= 15 is 0 Å². The van der Waals surface area contributed by atoms with Crippen LogP contribution in [0.5, 0.6) is 0 Å². The fourth-order valence-corrected chi connectivity index (χ4v) is 2.59. The summed E-state index contributed by atoms with van der Waals surface area (Å²) < 4.78 is 0. The molecule has 86 valence electrons. The molecule has 2 rings (SSSR count). The lowest BCUT2D eigenvalue weighted by Crippen LogP contribution is -2.18. The minimum absolute atomic E-state index is 0.346. The molecule has 0 spiro atoms. The Hall–Kier alpha value is -1.20. The predicted octanol–water partition coefficient (Wildman–Crippen LogP) is 2.33. The third-order valence-corrected chi connectivity index (χ3v) is 3.71. The topological polar surface area (TPSA) is 53.6 Å². The lowest BCUT2D eigenvalue weighted by molar-refractivity contribution is 0.565. The summed E-state index contributed by atoms with van der Waals surface area (Å²) in [6, 6.07) is 2.49. The highest BCUT2D eigenvalue weighted by molar-refractivity contribution is 7.10. The molecule has 4 nitrogen and oxygen atoms in total. The van der Waals surface area contributed by atoms with Crippen LogP contribution in [0, 0.1) is 13.8 Å². The SMILES string of the molecule is Cc1nc(CNC(C)c2sccc2C)n[nH]1. The van der Waals surface area contributed by atoms with Crippen molar-refractivity contribution in [3.63, 3.8) is 0 Å². The number of rotatable bonds is 4. The van der Waals surface area contributed by atoms with E-state index in [4.69, 9.17) is 0 Å². The van der Waals surface area contributed by atoms with E-state index in [2.05, 4.69) is 45.8 Å². The second-order valence-corrected chi connectivity index (χ2v) is 4.86. The monoisotopic (exact) mass is 236 g/mol. The summed E-state index contributed by atoms with van der Waals surface area (Å²) in [5.41, 5.74) is 1.34. The molecule has 0 aromatic carbocycles. The average molecular weight is 236 g/mol. The second-order valence-electron chi connectivity index (χ2n) is 3.91. The van der Waals surface area contributed by atoms with E-state index in [0.29, 0.717) is 12.6 Å². The molecule has 0 saturated carbocycles. The van der Waals surface area contributed by atoms with Gasteiger partial charge in [-0.2, -0.15) is 5.10 Å². The predicted molar refractivity (Wildman–Crippen MR) is 65.4 cm³/mol. The van der Waals surface area contributed by atoms with E-state index in [1.807, 2.05) is 6.92 Å². The van der Waals surface area contributed by atoms with Crippen molar-refractivity contribution in [2.45, 2.75) is 33.4 Å². The summed E-state index contributed by atoms with van der Waals surface area (Å²) in [6.07, 6.45) is 0. The molecule has 0 amide bonds. The van der Waals surface area contributed by atoms with Gasteiger partial charge in [-0.15, -0.1) is 11.3 Å². The van der Waals surface area contributed by atoms with Crippen LogP contribution in [0.15, 0.2) is 11.4 Å². The van der Waals surface area contributed by atoms with E-state index < -0.39 is 0 Å². The third-order valence-electron chi connectivity index (χ3n) is 2.50. The third kappa shape index (κ3) is 2.48. The smallest absolute Gasteiger partial charge is 0.164 e. The Bertz CT molecular complexity index is 460. The van der Waals surface area contributed by atoms with Crippen LogP contribution in [-0.4, -0.2) is 15.2 Å². The number of aromatic nitrogens is 3. The highest BCUT2D eigenvalue weighted by Gasteiger charge is 2.10. The highest BCUT2D eigenvalue weighted by Crippen LogP contribution is 2.23. The quantitative estimate of drug-likeness (QED) is 0.856. The zero-order valence-corrected chi connectivity index (χ0v) is 10.6. The van der Waals surface area contributed by atoms with Crippen molar-refractivity contribution in [2.75, 3.05) is 0 Å². The molecular formula is C11H16N4S. The van der Waals surface area contributed by atoms with Gasteiger partial charge in [0, 0.05) is 10.9 Å². The van der Waals surface area contributed by atoms with Crippen molar-refractivity contribution in [1.82, 2.24) is 20.5 Å². The van der Waals surface area contributed by atoms with Crippen LogP contribution < -0.4 is 5.32 Å². The van der Waals surface area contributed by atoms with Gasteiger partial charge in [0.2, 0.25) is 0 Å². The van der Waals surface area contributed by atoms with E-state index in [9.17, 15) is 0 Å². The Morgan fingerprint density at radius 3 is 2.88 bits per heavy atom. The first-order valence-corrected chi connectivity index (χ1v) is 6.20. The largest absolute Gasteiger partial charge is 0.302 e. The number of hydrogen-bond acceptors (Lipinski definition) is 4. The number of thiophene rings is 1. The summed E-state index contributed by atoms with van der Waals surface area (Å²) in [6.45, 7) is 6.91. The summed E-state index contributed by atoms with van der Waals surface area (Å²) in [5, 5.41) is 12.5.